The van der Waals surface area contributed by atoms with Gasteiger partial charge in [-0.05, 0) is 88.3 Å². The molecule has 0 radical (unpaired) electrons. The number of carboxylic acid groups (broad SMARTS) is 1. The number of aliphatic hydroxyl groups excluding tert-OH is 1. The third kappa shape index (κ3) is 6.25. The van der Waals surface area contributed by atoms with Gasteiger partial charge in [0.05, 0.1) is 20.3 Å². The molecule has 4 rings (SSSR count). The van der Waals surface area contributed by atoms with Crippen molar-refractivity contribution in [3.05, 3.63) is 40.8 Å². The van der Waals surface area contributed by atoms with Crippen molar-refractivity contribution in [2.75, 3.05) is 11.5 Å². The van der Waals surface area contributed by atoms with Gasteiger partial charge in [0.25, 0.3) is 0 Å². The second-order valence-corrected chi connectivity index (χ2v) is 13.4. The zero-order valence-electron chi connectivity index (χ0n) is 22.5. The van der Waals surface area contributed by atoms with E-state index in [2.05, 4.69) is 6.92 Å². The lowest BCUT2D eigenvalue weighted by Crippen LogP contribution is -2.47. The Kier molecular flexibility index (Phi) is 9.51. The lowest BCUT2D eigenvalue weighted by atomic mass is 9.81. The fourth-order valence-corrected chi connectivity index (χ4v) is 7.38. The van der Waals surface area contributed by atoms with Crippen molar-refractivity contribution < 1.29 is 29.1 Å². The van der Waals surface area contributed by atoms with Gasteiger partial charge in [0.2, 0.25) is 5.91 Å². The molecule has 2 unspecified atom stereocenters. The van der Waals surface area contributed by atoms with Crippen LogP contribution >= 0.6 is 19.8 Å². The SMILES string of the molecule is CCOC(C)([PH2]=O)c1ccc(-c2cc(N(C(=O)C3CCC(C)CC3)C3CCC(O)CC3)c(C(=O)O)s2)cc1. The van der Waals surface area contributed by atoms with Gasteiger partial charge in [0, 0.05) is 23.4 Å². The third-order valence-electron chi connectivity index (χ3n) is 8.21. The maximum atomic E-state index is 14.0. The standard InChI is InChI=1S/C29H40NO6PS/c1-4-36-29(3,37-35)21-11-9-19(10-12-21)25-17-24(26(38-25)28(33)34)30(22-13-15-23(31)16-14-22)27(32)20-7-5-18(2)6-8-20/h9-12,17-18,20,22-23,31H,4-8,13-16,37H2,1-3H3,(H,33,34). The predicted octanol–water partition coefficient (Wildman–Crippen LogP) is 6.54. The average molecular weight is 562 g/mol. The number of ether oxygens (including phenoxy) is 1. The van der Waals surface area contributed by atoms with Crippen molar-refractivity contribution in [2.45, 2.75) is 89.6 Å². The van der Waals surface area contributed by atoms with Crippen LogP contribution in [0.1, 0.15) is 87.4 Å². The van der Waals surface area contributed by atoms with E-state index in [0.717, 1.165) is 41.7 Å². The van der Waals surface area contributed by atoms with Gasteiger partial charge in [-0.1, -0.05) is 31.2 Å². The number of benzene rings is 1. The van der Waals surface area contributed by atoms with Crippen LogP contribution in [0.5, 0.6) is 0 Å². The Morgan fingerprint density at radius 2 is 1.71 bits per heavy atom. The van der Waals surface area contributed by atoms with Gasteiger partial charge < -0.3 is 24.4 Å². The lowest BCUT2D eigenvalue weighted by molar-refractivity contribution is -0.124. The molecular weight excluding hydrogens is 521 g/mol. The highest BCUT2D eigenvalue weighted by atomic mass is 32.1. The van der Waals surface area contributed by atoms with Gasteiger partial charge >= 0.3 is 5.97 Å². The molecule has 38 heavy (non-hydrogen) atoms. The summed E-state index contributed by atoms with van der Waals surface area (Å²) < 4.78 is 17.7. The number of nitrogens with zero attached hydrogens (tertiary/aromatic N) is 1. The minimum Gasteiger partial charge on any atom is -0.477 e. The zero-order valence-corrected chi connectivity index (χ0v) is 24.5. The largest absolute Gasteiger partial charge is 0.477 e. The van der Waals surface area contributed by atoms with Crippen LogP contribution in [-0.4, -0.2) is 40.8 Å². The van der Waals surface area contributed by atoms with Gasteiger partial charge in [-0.15, -0.1) is 11.3 Å². The highest BCUT2D eigenvalue weighted by molar-refractivity contribution is 7.25. The monoisotopic (exact) mass is 561 g/mol. The zero-order chi connectivity index (χ0) is 27.4. The maximum Gasteiger partial charge on any atom is 0.348 e. The van der Waals surface area contributed by atoms with Gasteiger partial charge in [-0.25, -0.2) is 4.79 Å². The Labute approximate surface area is 230 Å². The number of carbonyl (C=O) groups is 2. The van der Waals surface area contributed by atoms with Gasteiger partial charge in [0.15, 0.2) is 0 Å². The number of aromatic carboxylic acids is 1. The fraction of sp³-hybridized carbons (Fsp3) is 0.586. The summed E-state index contributed by atoms with van der Waals surface area (Å²) in [7, 11) is -1.20. The Balaban J connectivity index is 1.71. The molecule has 0 spiro atoms. The Bertz CT molecular complexity index is 1130. The van der Waals surface area contributed by atoms with Crippen LogP contribution in [-0.2, 0) is 19.4 Å². The molecular formula is C29H40NO6PS. The number of thiophene rings is 1. The molecule has 2 aliphatic carbocycles. The molecule has 2 aliphatic rings. The van der Waals surface area contributed by atoms with E-state index < -0.39 is 19.8 Å². The highest BCUT2D eigenvalue weighted by Gasteiger charge is 2.37. The van der Waals surface area contributed by atoms with Gasteiger partial charge in [0.1, 0.15) is 10.2 Å². The number of hydrogen-bond acceptors (Lipinski definition) is 6. The van der Waals surface area contributed by atoms with Gasteiger partial charge in [-0.2, -0.15) is 0 Å². The molecule has 1 heterocycles. The summed E-state index contributed by atoms with van der Waals surface area (Å²) in [5.74, 6) is -0.521. The number of hydrogen-bond donors (Lipinski definition) is 2. The van der Waals surface area contributed by atoms with Crippen molar-refractivity contribution in [1.29, 1.82) is 0 Å². The minimum atomic E-state index is -1.20. The molecule has 2 N–H and O–H groups in total. The number of anilines is 1. The van der Waals surface area contributed by atoms with E-state index in [1.807, 2.05) is 44.2 Å². The van der Waals surface area contributed by atoms with E-state index in [9.17, 15) is 24.4 Å². The lowest BCUT2D eigenvalue weighted by Gasteiger charge is -2.38. The molecule has 2 atom stereocenters. The summed E-state index contributed by atoms with van der Waals surface area (Å²) in [5, 5.41) is 19.4. The average Bonchev–Trinajstić information content (AvgIpc) is 3.36. The summed E-state index contributed by atoms with van der Waals surface area (Å²) >= 11 is 1.18. The molecule has 2 fully saturated rings. The van der Waals surface area contributed by atoms with Crippen LogP contribution in [0.2, 0.25) is 0 Å². The number of carbonyl (C=O) groups excluding carboxylic acids is 1. The smallest absolute Gasteiger partial charge is 0.348 e. The van der Waals surface area contributed by atoms with Crippen LogP contribution in [0.25, 0.3) is 10.4 Å². The number of aliphatic hydroxyl groups is 1. The van der Waals surface area contributed by atoms with Gasteiger partial charge in [-0.3, -0.25) is 4.79 Å². The summed E-state index contributed by atoms with van der Waals surface area (Å²) in [6.45, 7) is 6.35. The molecule has 2 saturated carbocycles. The Morgan fingerprint density at radius 1 is 1.08 bits per heavy atom. The van der Waals surface area contributed by atoms with E-state index in [4.69, 9.17) is 4.74 Å². The van der Waals surface area contributed by atoms with Crippen molar-refractivity contribution in [2.24, 2.45) is 11.8 Å². The normalized spacial score (nSPS) is 25.8. The van der Waals surface area contributed by atoms with E-state index in [1.165, 1.54) is 11.3 Å². The highest BCUT2D eigenvalue weighted by Crippen LogP contribution is 2.43. The first-order chi connectivity index (χ1) is 18.2. The first kappa shape index (κ1) is 29.0. The molecule has 0 aliphatic heterocycles. The van der Waals surface area contributed by atoms with E-state index in [-0.39, 0.29) is 28.8 Å². The second-order valence-electron chi connectivity index (χ2n) is 11.0. The molecule has 7 nitrogen and oxygen atoms in total. The molecule has 1 aromatic carbocycles. The van der Waals surface area contributed by atoms with E-state index in [1.54, 1.807) is 4.90 Å². The molecule has 1 aromatic heterocycles. The summed E-state index contributed by atoms with van der Waals surface area (Å²) in [5.41, 5.74) is 2.12. The summed E-state index contributed by atoms with van der Waals surface area (Å²) in [6.07, 6.45) is 5.82. The van der Waals surface area contributed by atoms with Crippen LogP contribution in [0, 0.1) is 11.8 Å². The molecule has 0 bridgehead atoms. The van der Waals surface area contributed by atoms with Crippen molar-refractivity contribution in [1.82, 2.24) is 0 Å². The molecule has 9 heteroatoms. The van der Waals surface area contributed by atoms with Crippen LogP contribution < -0.4 is 4.90 Å². The van der Waals surface area contributed by atoms with Crippen molar-refractivity contribution >= 4 is 37.4 Å². The maximum absolute atomic E-state index is 14.0. The number of rotatable bonds is 9. The molecule has 0 saturated heterocycles. The summed E-state index contributed by atoms with van der Waals surface area (Å²) in [6, 6.07) is 9.27. The molecule has 208 valence electrons. The second kappa shape index (κ2) is 12.5. The molecule has 1 amide bonds. The van der Waals surface area contributed by atoms with E-state index in [0.29, 0.717) is 43.9 Å². The van der Waals surface area contributed by atoms with Crippen LogP contribution in [0.4, 0.5) is 5.69 Å². The van der Waals surface area contributed by atoms with Crippen molar-refractivity contribution in [3.8, 4) is 10.4 Å². The summed E-state index contributed by atoms with van der Waals surface area (Å²) in [4.78, 5) is 29.1. The quantitative estimate of drug-likeness (QED) is 0.337. The first-order valence-electron chi connectivity index (χ1n) is 13.8. The van der Waals surface area contributed by atoms with E-state index >= 15 is 0 Å². The topological polar surface area (TPSA) is 104 Å². The number of carboxylic acids is 1. The first-order valence-corrected chi connectivity index (χ1v) is 15.6. The molecule has 2 aromatic rings. The predicted molar refractivity (Wildman–Crippen MR) is 153 cm³/mol. The van der Waals surface area contributed by atoms with Crippen molar-refractivity contribution in [3.63, 3.8) is 0 Å². The number of amides is 1. The Morgan fingerprint density at radius 3 is 2.26 bits per heavy atom. The van der Waals surface area contributed by atoms with Crippen LogP contribution in [0.15, 0.2) is 30.3 Å². The fourth-order valence-electron chi connectivity index (χ4n) is 5.82. The Hall–Kier alpha value is -1.99. The third-order valence-corrected chi connectivity index (χ3v) is 10.3. The van der Waals surface area contributed by atoms with Crippen LogP contribution in [0.3, 0.4) is 0 Å². The minimum absolute atomic E-state index is 0.0198.